The highest BCUT2D eigenvalue weighted by Gasteiger charge is 2.28. The topological polar surface area (TPSA) is 107 Å². The molecule has 0 aromatic carbocycles. The van der Waals surface area contributed by atoms with Crippen LogP contribution in [0.2, 0.25) is 0 Å². The van der Waals surface area contributed by atoms with Crippen molar-refractivity contribution in [1.29, 1.82) is 0 Å². The number of aryl methyl sites for hydroxylation is 2. The maximum Gasteiger partial charge on any atom is 0.267 e. The zero-order chi connectivity index (χ0) is 18.1. The summed E-state index contributed by atoms with van der Waals surface area (Å²) in [7, 11) is -3.61. The summed E-state index contributed by atoms with van der Waals surface area (Å²) in [5, 5.41) is 8.06. The number of sulfonamides is 1. The zero-order valence-corrected chi connectivity index (χ0v) is 15.2. The highest BCUT2D eigenvalue weighted by molar-refractivity contribution is 7.89. The van der Waals surface area contributed by atoms with E-state index in [9.17, 15) is 13.2 Å². The molecule has 2 heterocycles. The van der Waals surface area contributed by atoms with Gasteiger partial charge in [0.05, 0.1) is 17.9 Å². The van der Waals surface area contributed by atoms with Crippen molar-refractivity contribution < 1.29 is 12.9 Å². The van der Waals surface area contributed by atoms with Gasteiger partial charge in [-0.05, 0) is 56.9 Å². The van der Waals surface area contributed by atoms with Gasteiger partial charge in [-0.2, -0.15) is 5.10 Å². The third-order valence-electron chi connectivity index (χ3n) is 5.32. The zero-order valence-electron chi connectivity index (χ0n) is 14.4. The molecule has 0 atom stereocenters. The fourth-order valence-corrected chi connectivity index (χ4v) is 5.05. The molecule has 0 unspecified atom stereocenters. The van der Waals surface area contributed by atoms with Crippen LogP contribution in [0.1, 0.15) is 55.8 Å². The lowest BCUT2D eigenvalue weighted by atomic mass is 9.91. The Morgan fingerprint density at radius 2 is 1.92 bits per heavy atom. The molecule has 1 saturated carbocycles. The molecule has 1 N–H and O–H groups in total. The van der Waals surface area contributed by atoms with Gasteiger partial charge in [0, 0.05) is 12.1 Å². The van der Waals surface area contributed by atoms with Gasteiger partial charge in [-0.15, -0.1) is 0 Å². The minimum atomic E-state index is -3.61. The van der Waals surface area contributed by atoms with E-state index in [-0.39, 0.29) is 22.5 Å². The molecule has 26 heavy (non-hydrogen) atoms. The summed E-state index contributed by atoms with van der Waals surface area (Å²) >= 11 is 0. The molecule has 0 radical (unpaired) electrons. The van der Waals surface area contributed by atoms with Gasteiger partial charge in [0.15, 0.2) is 0 Å². The van der Waals surface area contributed by atoms with Gasteiger partial charge < -0.3 is 4.52 Å². The van der Waals surface area contributed by atoms with Crippen molar-refractivity contribution in [3.8, 4) is 0 Å². The molecule has 2 aromatic rings. The number of nitrogens with zero attached hydrogens (tertiary/aromatic N) is 3. The molecular formula is C17H22N4O4S. The van der Waals surface area contributed by atoms with Gasteiger partial charge in [0.25, 0.3) is 5.56 Å². The van der Waals surface area contributed by atoms with Crippen LogP contribution < -0.4 is 10.3 Å². The van der Waals surface area contributed by atoms with Crippen LogP contribution >= 0.6 is 0 Å². The van der Waals surface area contributed by atoms with E-state index in [1.54, 1.807) is 10.7 Å². The highest BCUT2D eigenvalue weighted by Crippen LogP contribution is 2.28. The number of hydrogen-bond acceptors (Lipinski definition) is 6. The van der Waals surface area contributed by atoms with Crippen molar-refractivity contribution in [2.24, 2.45) is 0 Å². The van der Waals surface area contributed by atoms with E-state index < -0.39 is 10.0 Å². The van der Waals surface area contributed by atoms with Gasteiger partial charge in [0.1, 0.15) is 11.2 Å². The Morgan fingerprint density at radius 1 is 1.15 bits per heavy atom. The molecular weight excluding hydrogens is 356 g/mol. The first-order chi connectivity index (χ1) is 12.5. The monoisotopic (exact) mass is 378 g/mol. The van der Waals surface area contributed by atoms with Crippen molar-refractivity contribution >= 4 is 10.0 Å². The SMILES string of the molecule is O=c1cc2c(nn1C1CCC(NS(=O)(=O)c3cnoc3)CC1)CCCC2. The molecule has 8 nitrogen and oxygen atoms in total. The Morgan fingerprint density at radius 3 is 2.65 bits per heavy atom. The maximum atomic E-state index is 12.4. The van der Waals surface area contributed by atoms with Crippen LogP contribution in [0.25, 0.3) is 0 Å². The third-order valence-corrected chi connectivity index (χ3v) is 6.78. The quantitative estimate of drug-likeness (QED) is 0.865. The van der Waals surface area contributed by atoms with Crippen molar-refractivity contribution in [1.82, 2.24) is 19.7 Å². The minimum Gasteiger partial charge on any atom is -0.363 e. The Bertz CT molecular complexity index is 928. The molecule has 2 aliphatic rings. The first-order valence-electron chi connectivity index (χ1n) is 9.06. The van der Waals surface area contributed by atoms with E-state index in [1.807, 2.05) is 0 Å². The lowest BCUT2D eigenvalue weighted by Crippen LogP contribution is -2.39. The van der Waals surface area contributed by atoms with Crippen molar-refractivity contribution in [3.63, 3.8) is 0 Å². The Balaban J connectivity index is 1.43. The average Bonchev–Trinajstić information content (AvgIpc) is 3.17. The molecule has 0 amide bonds. The fourth-order valence-electron chi connectivity index (χ4n) is 3.89. The standard InChI is InChI=1S/C17H22N4O4S/c22-17-9-12-3-1-2-4-16(12)19-21(17)14-7-5-13(6-8-14)20-26(23,24)15-10-18-25-11-15/h9-11,13-14,20H,1-8H2. The smallest absolute Gasteiger partial charge is 0.267 e. The first kappa shape index (κ1) is 17.4. The Kier molecular flexibility index (Phi) is 4.66. The summed E-state index contributed by atoms with van der Waals surface area (Å²) in [5.41, 5.74) is 2.10. The predicted molar refractivity (Wildman–Crippen MR) is 93.3 cm³/mol. The second-order valence-corrected chi connectivity index (χ2v) is 8.81. The number of hydrogen-bond donors (Lipinski definition) is 1. The number of rotatable bonds is 4. The summed E-state index contributed by atoms with van der Waals surface area (Å²) in [4.78, 5) is 12.5. The summed E-state index contributed by atoms with van der Waals surface area (Å²) in [6, 6.07) is 1.62. The molecule has 0 saturated heterocycles. The average molecular weight is 378 g/mol. The van der Waals surface area contributed by atoms with Gasteiger partial charge in [-0.3, -0.25) is 4.79 Å². The van der Waals surface area contributed by atoms with Crippen LogP contribution in [0.4, 0.5) is 0 Å². The second-order valence-electron chi connectivity index (χ2n) is 7.09. The van der Waals surface area contributed by atoms with Crippen LogP contribution in [0.3, 0.4) is 0 Å². The van der Waals surface area contributed by atoms with Crippen LogP contribution in [0, 0.1) is 0 Å². The number of fused-ring (bicyclic) bond motifs is 1. The summed E-state index contributed by atoms with van der Waals surface area (Å²) in [6.07, 6.45) is 9.20. The Labute approximate surface area is 151 Å². The first-order valence-corrected chi connectivity index (χ1v) is 10.5. The highest BCUT2D eigenvalue weighted by atomic mass is 32.2. The molecule has 9 heteroatoms. The third kappa shape index (κ3) is 3.45. The van der Waals surface area contributed by atoms with E-state index in [0.717, 1.165) is 56.0 Å². The fraction of sp³-hybridized carbons (Fsp3) is 0.588. The minimum absolute atomic E-state index is 0.0334. The molecule has 0 bridgehead atoms. The van der Waals surface area contributed by atoms with Crippen LogP contribution in [-0.2, 0) is 22.9 Å². The largest absolute Gasteiger partial charge is 0.363 e. The van der Waals surface area contributed by atoms with E-state index in [1.165, 1.54) is 6.20 Å². The lowest BCUT2D eigenvalue weighted by Gasteiger charge is -2.30. The van der Waals surface area contributed by atoms with E-state index in [0.29, 0.717) is 12.8 Å². The van der Waals surface area contributed by atoms with Gasteiger partial charge in [-0.1, -0.05) is 5.16 Å². The molecule has 1 fully saturated rings. The van der Waals surface area contributed by atoms with E-state index in [4.69, 9.17) is 0 Å². The summed E-state index contributed by atoms with van der Waals surface area (Å²) in [6.45, 7) is 0. The molecule has 2 aliphatic carbocycles. The Hall–Kier alpha value is -2.00. The maximum absolute atomic E-state index is 12.4. The molecule has 0 aliphatic heterocycles. The van der Waals surface area contributed by atoms with Gasteiger partial charge in [-0.25, -0.2) is 17.8 Å². The van der Waals surface area contributed by atoms with E-state index in [2.05, 4.69) is 19.5 Å². The lowest BCUT2D eigenvalue weighted by molar-refractivity contribution is 0.282. The van der Waals surface area contributed by atoms with E-state index >= 15 is 0 Å². The number of aromatic nitrogens is 3. The van der Waals surface area contributed by atoms with Crippen molar-refractivity contribution in [3.05, 3.63) is 40.1 Å². The van der Waals surface area contributed by atoms with Crippen LogP contribution in [0.5, 0.6) is 0 Å². The van der Waals surface area contributed by atoms with Crippen molar-refractivity contribution in [2.75, 3.05) is 0 Å². The predicted octanol–water partition coefficient (Wildman–Crippen LogP) is 1.57. The van der Waals surface area contributed by atoms with Crippen LogP contribution in [0.15, 0.2) is 32.7 Å². The summed E-state index contributed by atoms with van der Waals surface area (Å²) in [5.74, 6) is 0. The molecule has 2 aromatic heterocycles. The normalized spacial score (nSPS) is 23.5. The number of nitrogens with one attached hydrogen (secondary N) is 1. The summed E-state index contributed by atoms with van der Waals surface area (Å²) < 4.78 is 33.4. The molecule has 4 rings (SSSR count). The molecule has 0 spiro atoms. The van der Waals surface area contributed by atoms with Crippen molar-refractivity contribution in [2.45, 2.75) is 68.3 Å². The van der Waals surface area contributed by atoms with Crippen LogP contribution in [-0.4, -0.2) is 29.4 Å². The van der Waals surface area contributed by atoms with Gasteiger partial charge >= 0.3 is 0 Å². The second kappa shape index (κ2) is 6.96. The van der Waals surface area contributed by atoms with Gasteiger partial charge in [0.2, 0.25) is 10.0 Å². The molecule has 140 valence electrons.